The second kappa shape index (κ2) is 6.70. The van der Waals surface area contributed by atoms with E-state index in [1.807, 2.05) is 36.6 Å². The molecule has 0 aromatic heterocycles. The molecular formula is C15H17FN2S. The van der Waals surface area contributed by atoms with Gasteiger partial charge in [0.25, 0.3) is 0 Å². The van der Waals surface area contributed by atoms with E-state index in [9.17, 15) is 4.39 Å². The molecule has 19 heavy (non-hydrogen) atoms. The van der Waals surface area contributed by atoms with Gasteiger partial charge in [-0.3, -0.25) is 11.3 Å². The third kappa shape index (κ3) is 3.56. The van der Waals surface area contributed by atoms with Gasteiger partial charge in [-0.25, -0.2) is 4.39 Å². The van der Waals surface area contributed by atoms with Gasteiger partial charge in [-0.2, -0.15) is 0 Å². The number of nitrogens with two attached hydrogens (primary N) is 1. The van der Waals surface area contributed by atoms with E-state index >= 15 is 0 Å². The van der Waals surface area contributed by atoms with Crippen molar-refractivity contribution in [2.24, 2.45) is 5.84 Å². The largest absolute Gasteiger partial charge is 0.271 e. The summed E-state index contributed by atoms with van der Waals surface area (Å²) >= 11 is 1.69. The summed E-state index contributed by atoms with van der Waals surface area (Å²) in [5, 5.41) is 0. The van der Waals surface area contributed by atoms with Crippen LogP contribution in [0.4, 0.5) is 4.39 Å². The molecule has 0 heterocycles. The van der Waals surface area contributed by atoms with Crippen molar-refractivity contribution in [1.29, 1.82) is 0 Å². The van der Waals surface area contributed by atoms with Crippen molar-refractivity contribution < 1.29 is 4.39 Å². The third-order valence-electron chi connectivity index (χ3n) is 3.10. The fraction of sp³-hybridized carbons (Fsp3) is 0.200. The average Bonchev–Trinajstić information content (AvgIpc) is 2.47. The molecule has 0 aliphatic carbocycles. The number of hydrogen-bond donors (Lipinski definition) is 2. The van der Waals surface area contributed by atoms with Gasteiger partial charge in [0.1, 0.15) is 5.82 Å². The molecule has 0 spiro atoms. The molecule has 0 bridgehead atoms. The Balaban J connectivity index is 2.17. The molecule has 0 saturated heterocycles. The number of benzene rings is 2. The quantitative estimate of drug-likeness (QED) is 0.500. The van der Waals surface area contributed by atoms with Crippen LogP contribution in [0.3, 0.4) is 0 Å². The lowest BCUT2D eigenvalue weighted by molar-refractivity contribution is 0.529. The maximum Gasteiger partial charge on any atom is 0.126 e. The van der Waals surface area contributed by atoms with Gasteiger partial charge in [-0.1, -0.05) is 30.3 Å². The van der Waals surface area contributed by atoms with Crippen molar-refractivity contribution in [3.63, 3.8) is 0 Å². The first-order valence-electron chi connectivity index (χ1n) is 6.08. The second-order valence-electron chi connectivity index (χ2n) is 4.29. The first kappa shape index (κ1) is 14.1. The Hall–Kier alpha value is -1.36. The number of hydrogen-bond acceptors (Lipinski definition) is 3. The molecule has 4 heteroatoms. The van der Waals surface area contributed by atoms with Gasteiger partial charge in [0, 0.05) is 4.90 Å². The summed E-state index contributed by atoms with van der Waals surface area (Å²) in [6, 6.07) is 14.8. The normalized spacial score (nSPS) is 12.4. The minimum Gasteiger partial charge on any atom is -0.271 e. The predicted octanol–water partition coefficient (Wildman–Crippen LogP) is 3.29. The zero-order valence-electron chi connectivity index (χ0n) is 10.8. The maximum atomic E-state index is 13.6. The molecule has 3 N–H and O–H groups in total. The van der Waals surface area contributed by atoms with Gasteiger partial charge in [-0.15, -0.1) is 11.8 Å². The van der Waals surface area contributed by atoms with E-state index in [4.69, 9.17) is 5.84 Å². The molecule has 0 aliphatic heterocycles. The molecule has 0 amide bonds. The maximum absolute atomic E-state index is 13.6. The van der Waals surface area contributed by atoms with Crippen LogP contribution in [0.1, 0.15) is 17.2 Å². The van der Waals surface area contributed by atoms with E-state index in [1.165, 1.54) is 11.0 Å². The Morgan fingerprint density at radius 1 is 1.16 bits per heavy atom. The van der Waals surface area contributed by atoms with Gasteiger partial charge in [0.2, 0.25) is 0 Å². The number of hydrazine groups is 1. The summed E-state index contributed by atoms with van der Waals surface area (Å²) in [5.41, 5.74) is 4.48. The Morgan fingerprint density at radius 3 is 2.42 bits per heavy atom. The zero-order valence-corrected chi connectivity index (χ0v) is 11.6. The number of halogens is 1. The van der Waals surface area contributed by atoms with Crippen LogP contribution in [-0.4, -0.2) is 6.26 Å². The Kier molecular flexibility index (Phi) is 4.96. The molecule has 0 fully saturated rings. The lowest BCUT2D eigenvalue weighted by Crippen LogP contribution is -2.29. The molecule has 2 aromatic carbocycles. The molecule has 0 radical (unpaired) electrons. The molecule has 2 nitrogen and oxygen atoms in total. The highest BCUT2D eigenvalue weighted by atomic mass is 32.2. The second-order valence-corrected chi connectivity index (χ2v) is 5.17. The smallest absolute Gasteiger partial charge is 0.126 e. The lowest BCUT2D eigenvalue weighted by Gasteiger charge is -2.17. The summed E-state index contributed by atoms with van der Waals surface area (Å²) in [4.78, 5) is 1.20. The summed E-state index contributed by atoms with van der Waals surface area (Å²) in [6.45, 7) is 0. The van der Waals surface area contributed by atoms with Crippen LogP contribution in [0.15, 0.2) is 53.4 Å². The minimum atomic E-state index is -0.191. The highest BCUT2D eigenvalue weighted by Gasteiger charge is 2.12. The van der Waals surface area contributed by atoms with Gasteiger partial charge >= 0.3 is 0 Å². The first-order chi connectivity index (χ1) is 9.24. The molecule has 0 saturated carbocycles. The summed E-state index contributed by atoms with van der Waals surface area (Å²) in [6.07, 6.45) is 2.56. The Labute approximate surface area is 117 Å². The highest BCUT2D eigenvalue weighted by molar-refractivity contribution is 7.98. The minimum absolute atomic E-state index is 0.0900. The summed E-state index contributed by atoms with van der Waals surface area (Å²) < 4.78 is 13.6. The van der Waals surface area contributed by atoms with E-state index < -0.39 is 0 Å². The fourth-order valence-electron chi connectivity index (χ4n) is 1.99. The zero-order chi connectivity index (χ0) is 13.7. The van der Waals surface area contributed by atoms with Gasteiger partial charge in [0.05, 0.1) is 6.04 Å². The molecule has 1 atom stereocenters. The average molecular weight is 276 g/mol. The Morgan fingerprint density at radius 2 is 1.84 bits per heavy atom. The number of nitrogens with one attached hydrogen (secondary N) is 1. The molecule has 100 valence electrons. The van der Waals surface area contributed by atoms with Crippen LogP contribution in [-0.2, 0) is 6.42 Å². The SMILES string of the molecule is CSc1ccc(C(Cc2ccccc2F)NN)cc1. The van der Waals surface area contributed by atoms with Crippen LogP contribution in [0.2, 0.25) is 0 Å². The van der Waals surface area contributed by atoms with Crippen LogP contribution in [0.25, 0.3) is 0 Å². The summed E-state index contributed by atoms with van der Waals surface area (Å²) in [5.74, 6) is 5.40. The number of thioether (sulfide) groups is 1. The first-order valence-corrected chi connectivity index (χ1v) is 7.30. The van der Waals surface area contributed by atoms with E-state index in [1.54, 1.807) is 23.9 Å². The third-order valence-corrected chi connectivity index (χ3v) is 3.84. The molecule has 2 aromatic rings. The highest BCUT2D eigenvalue weighted by Crippen LogP contribution is 2.22. The fourth-order valence-corrected chi connectivity index (χ4v) is 2.40. The van der Waals surface area contributed by atoms with Crippen molar-refractivity contribution in [3.05, 3.63) is 65.5 Å². The number of rotatable bonds is 5. The van der Waals surface area contributed by atoms with Crippen molar-refractivity contribution >= 4 is 11.8 Å². The molecular weight excluding hydrogens is 259 g/mol. The lowest BCUT2D eigenvalue weighted by atomic mass is 9.99. The van der Waals surface area contributed by atoms with Crippen molar-refractivity contribution in [2.45, 2.75) is 17.4 Å². The summed E-state index contributed by atoms with van der Waals surface area (Å²) in [7, 11) is 0. The van der Waals surface area contributed by atoms with Gasteiger partial charge < -0.3 is 0 Å². The van der Waals surface area contributed by atoms with E-state index in [2.05, 4.69) is 5.43 Å². The van der Waals surface area contributed by atoms with Crippen LogP contribution in [0, 0.1) is 5.82 Å². The predicted molar refractivity (Wildman–Crippen MR) is 78.4 cm³/mol. The van der Waals surface area contributed by atoms with Crippen molar-refractivity contribution in [3.8, 4) is 0 Å². The van der Waals surface area contributed by atoms with E-state index in [0.29, 0.717) is 12.0 Å². The monoisotopic (exact) mass is 276 g/mol. The molecule has 0 aliphatic rings. The van der Waals surface area contributed by atoms with E-state index in [0.717, 1.165) is 5.56 Å². The standard InChI is InChI=1S/C15H17FN2S/c1-19-13-8-6-11(7-9-13)15(18-17)10-12-4-2-3-5-14(12)16/h2-9,15,18H,10,17H2,1H3. The molecule has 2 rings (SSSR count). The van der Waals surface area contributed by atoms with Gasteiger partial charge in [-0.05, 0) is 42.0 Å². The topological polar surface area (TPSA) is 38.0 Å². The molecule has 1 unspecified atom stereocenters. The van der Waals surface area contributed by atoms with Crippen LogP contribution < -0.4 is 11.3 Å². The van der Waals surface area contributed by atoms with E-state index in [-0.39, 0.29) is 11.9 Å². The van der Waals surface area contributed by atoms with Crippen LogP contribution in [0.5, 0.6) is 0 Å². The Bertz CT molecular complexity index is 528. The van der Waals surface area contributed by atoms with Crippen LogP contribution >= 0.6 is 11.8 Å². The van der Waals surface area contributed by atoms with Crippen molar-refractivity contribution in [2.75, 3.05) is 6.26 Å². The van der Waals surface area contributed by atoms with Crippen molar-refractivity contribution in [1.82, 2.24) is 5.43 Å². The van der Waals surface area contributed by atoms with Gasteiger partial charge in [0.15, 0.2) is 0 Å².